The van der Waals surface area contributed by atoms with E-state index in [1.165, 1.54) is 23.0 Å². The van der Waals surface area contributed by atoms with Gasteiger partial charge in [0.1, 0.15) is 6.04 Å². The molecule has 1 aliphatic heterocycles. The van der Waals surface area contributed by atoms with E-state index < -0.39 is 0 Å². The Morgan fingerprint density at radius 1 is 0.932 bits per heavy atom. The molecule has 44 heavy (non-hydrogen) atoms. The van der Waals surface area contributed by atoms with E-state index in [1.54, 1.807) is 18.1 Å². The Balaban J connectivity index is 1.22. The Kier molecular flexibility index (Phi) is 7.59. The van der Waals surface area contributed by atoms with E-state index >= 15 is 0 Å². The summed E-state index contributed by atoms with van der Waals surface area (Å²) in [4.78, 5) is 47.5. The highest BCUT2D eigenvalue weighted by Gasteiger charge is 2.38. The first-order valence-electron chi connectivity index (χ1n) is 15.0. The van der Waals surface area contributed by atoms with Gasteiger partial charge < -0.3 is 20.1 Å². The Bertz CT molecular complexity index is 1790. The van der Waals surface area contributed by atoms with Crippen molar-refractivity contribution in [2.24, 2.45) is 7.05 Å². The number of amides is 2. The summed E-state index contributed by atoms with van der Waals surface area (Å²) in [5, 5.41) is 6.22. The topological polar surface area (TPSA) is 99.6 Å². The first kappa shape index (κ1) is 29.3. The zero-order valence-corrected chi connectivity index (χ0v) is 25.8. The summed E-state index contributed by atoms with van der Waals surface area (Å²) in [7, 11) is 5.47. The fourth-order valence-electron chi connectivity index (χ4n) is 5.79. The molecule has 1 saturated carbocycles. The number of nitrogens with zero attached hydrogens (tertiary/aromatic N) is 4. The molecule has 2 N–H and O–H groups in total. The number of benzene rings is 3. The molecule has 4 aromatic rings. The third kappa shape index (κ3) is 5.63. The summed E-state index contributed by atoms with van der Waals surface area (Å²) >= 11 is 0. The summed E-state index contributed by atoms with van der Waals surface area (Å²) in [6.45, 7) is 5.69. The third-order valence-electron chi connectivity index (χ3n) is 9.10. The molecule has 9 heteroatoms. The van der Waals surface area contributed by atoms with E-state index in [-0.39, 0.29) is 34.6 Å². The van der Waals surface area contributed by atoms with Gasteiger partial charge in [0.15, 0.2) is 5.82 Å². The molecule has 226 valence electrons. The van der Waals surface area contributed by atoms with Crippen molar-refractivity contribution in [3.63, 3.8) is 0 Å². The quantitative estimate of drug-likeness (QED) is 0.305. The van der Waals surface area contributed by atoms with E-state index in [2.05, 4.69) is 22.5 Å². The molecule has 1 unspecified atom stereocenters. The smallest absolute Gasteiger partial charge is 0.293 e. The Morgan fingerprint density at radius 2 is 1.64 bits per heavy atom. The molecule has 2 amide bonds. The molecule has 1 aromatic heterocycles. The number of hydrogen-bond donors (Lipinski definition) is 2. The van der Waals surface area contributed by atoms with Crippen molar-refractivity contribution >= 4 is 29.0 Å². The number of piperazine rings is 1. The molecule has 3 aromatic carbocycles. The average molecular weight is 591 g/mol. The van der Waals surface area contributed by atoms with Crippen LogP contribution in [-0.2, 0) is 17.3 Å². The number of aryl methyl sites for hydroxylation is 1. The molecule has 0 spiro atoms. The minimum absolute atomic E-state index is 0.0670. The molecule has 0 bridgehead atoms. The summed E-state index contributed by atoms with van der Waals surface area (Å²) in [6, 6.07) is 20.7. The molecule has 2 fully saturated rings. The molecule has 9 nitrogen and oxygen atoms in total. The van der Waals surface area contributed by atoms with Gasteiger partial charge in [-0.3, -0.25) is 19.3 Å². The molecular weight excluding hydrogens is 552 g/mol. The lowest BCUT2D eigenvalue weighted by atomic mass is 9.97. The van der Waals surface area contributed by atoms with Crippen LogP contribution in [0.5, 0.6) is 0 Å². The van der Waals surface area contributed by atoms with Crippen LogP contribution >= 0.6 is 0 Å². The predicted octanol–water partition coefficient (Wildman–Crippen LogP) is 5.25. The van der Waals surface area contributed by atoms with Crippen LogP contribution in [0.3, 0.4) is 0 Å². The van der Waals surface area contributed by atoms with Crippen LogP contribution in [0.1, 0.15) is 52.9 Å². The monoisotopic (exact) mass is 590 g/mol. The Hall–Kier alpha value is -4.76. The van der Waals surface area contributed by atoms with Gasteiger partial charge in [-0.05, 0) is 79.3 Å². The van der Waals surface area contributed by atoms with Crippen molar-refractivity contribution in [2.75, 3.05) is 37.8 Å². The normalized spacial score (nSPS) is 17.8. The number of carbonyl (C=O) groups is 2. The Morgan fingerprint density at radius 3 is 2.32 bits per heavy atom. The number of likely N-dealkylation sites (N-methyl/N-ethyl adjacent to an activating group) is 2. The van der Waals surface area contributed by atoms with Gasteiger partial charge in [-0.1, -0.05) is 43.3 Å². The number of rotatable bonds is 7. The second-order valence-corrected chi connectivity index (χ2v) is 12.4. The first-order chi connectivity index (χ1) is 21.0. The number of aromatic nitrogens is 2. The second kappa shape index (κ2) is 11.4. The van der Waals surface area contributed by atoms with Crippen LogP contribution in [0, 0.1) is 6.92 Å². The van der Waals surface area contributed by atoms with Crippen molar-refractivity contribution in [3.8, 4) is 11.3 Å². The highest BCUT2D eigenvalue weighted by Crippen LogP contribution is 2.47. The fraction of sp³-hybridized carbons (Fsp3) is 0.314. The predicted molar refractivity (Wildman–Crippen MR) is 173 cm³/mol. The molecular formula is C35H38N6O3. The third-order valence-corrected chi connectivity index (χ3v) is 9.10. The summed E-state index contributed by atoms with van der Waals surface area (Å²) in [5.74, 6) is 0.0729. The molecule has 0 radical (unpaired) electrons. The van der Waals surface area contributed by atoms with Crippen molar-refractivity contribution in [2.45, 2.75) is 38.1 Å². The number of hydrogen-bond acceptors (Lipinski definition) is 6. The minimum atomic E-state index is -0.335. The number of nitrogens with one attached hydrogen (secondary N) is 2. The Labute approximate surface area is 257 Å². The van der Waals surface area contributed by atoms with Crippen molar-refractivity contribution in [3.05, 3.63) is 106 Å². The van der Waals surface area contributed by atoms with Crippen LogP contribution in [0.4, 0.5) is 17.2 Å². The largest absolute Gasteiger partial charge is 0.343 e. The van der Waals surface area contributed by atoms with Gasteiger partial charge in [0.05, 0.1) is 5.69 Å². The maximum Gasteiger partial charge on any atom is 0.293 e. The SMILES string of the molecule is Cc1c(NC(=O)c2ccc(C3(C)CC3)cc2)cccc1-c1cn(C)c(=O)c(Nc2ccc(C3C(=O)N(C)CCN3C)cc2)n1. The second-order valence-electron chi connectivity index (χ2n) is 12.4. The zero-order chi connectivity index (χ0) is 31.2. The van der Waals surface area contributed by atoms with Gasteiger partial charge in [-0.25, -0.2) is 4.98 Å². The van der Waals surface area contributed by atoms with Crippen LogP contribution < -0.4 is 16.2 Å². The van der Waals surface area contributed by atoms with E-state index in [9.17, 15) is 14.4 Å². The lowest BCUT2D eigenvalue weighted by molar-refractivity contribution is -0.139. The highest BCUT2D eigenvalue weighted by atomic mass is 16.2. The van der Waals surface area contributed by atoms with Crippen LogP contribution in [0.15, 0.2) is 77.7 Å². The zero-order valence-electron chi connectivity index (χ0n) is 25.8. The lowest BCUT2D eigenvalue weighted by Gasteiger charge is -2.37. The highest BCUT2D eigenvalue weighted by molar-refractivity contribution is 6.05. The van der Waals surface area contributed by atoms with E-state index in [1.807, 2.05) is 87.7 Å². The van der Waals surface area contributed by atoms with Gasteiger partial charge in [-0.15, -0.1) is 0 Å². The average Bonchev–Trinajstić information content (AvgIpc) is 3.77. The first-order valence-corrected chi connectivity index (χ1v) is 15.0. The molecule has 2 aliphatic rings. The summed E-state index contributed by atoms with van der Waals surface area (Å²) in [6.07, 6.45) is 4.07. The molecule has 1 saturated heterocycles. The number of anilines is 3. The van der Waals surface area contributed by atoms with Gasteiger partial charge in [0.2, 0.25) is 5.91 Å². The molecule has 6 rings (SSSR count). The molecule has 1 atom stereocenters. The molecule has 1 aliphatic carbocycles. The van der Waals surface area contributed by atoms with Gasteiger partial charge in [0, 0.05) is 55.9 Å². The fourth-order valence-corrected chi connectivity index (χ4v) is 5.79. The minimum Gasteiger partial charge on any atom is -0.343 e. The van der Waals surface area contributed by atoms with Crippen molar-refractivity contribution < 1.29 is 9.59 Å². The maximum absolute atomic E-state index is 13.1. The van der Waals surface area contributed by atoms with E-state index in [0.29, 0.717) is 29.2 Å². The summed E-state index contributed by atoms with van der Waals surface area (Å²) < 4.78 is 1.50. The van der Waals surface area contributed by atoms with Crippen molar-refractivity contribution in [1.82, 2.24) is 19.4 Å². The van der Waals surface area contributed by atoms with Gasteiger partial charge >= 0.3 is 0 Å². The van der Waals surface area contributed by atoms with Crippen LogP contribution in [-0.4, -0.2) is 58.4 Å². The molecule has 2 heterocycles. The summed E-state index contributed by atoms with van der Waals surface area (Å²) in [5.41, 5.74) is 6.36. The van der Waals surface area contributed by atoms with E-state index in [4.69, 9.17) is 4.98 Å². The van der Waals surface area contributed by atoms with E-state index in [0.717, 1.165) is 23.2 Å². The van der Waals surface area contributed by atoms with Crippen molar-refractivity contribution in [1.29, 1.82) is 0 Å². The van der Waals surface area contributed by atoms with Crippen LogP contribution in [0.2, 0.25) is 0 Å². The number of carbonyl (C=O) groups excluding carboxylic acids is 2. The maximum atomic E-state index is 13.1. The lowest BCUT2D eigenvalue weighted by Crippen LogP contribution is -2.48. The standard InChI is InChI=1S/C35H38N6O3/c1-22-27(7-6-8-28(22)38-32(42)24-9-13-25(14-10-24)35(2)17-18-35)29-21-41(5)34(44)31(37-29)36-26-15-11-23(12-16-26)30-33(43)40(4)20-19-39(30)3/h6-16,21,30H,17-20H2,1-5H3,(H,36,37)(H,38,42). The van der Waals surface area contributed by atoms with Gasteiger partial charge in [0.25, 0.3) is 11.5 Å². The van der Waals surface area contributed by atoms with Crippen LogP contribution in [0.25, 0.3) is 11.3 Å². The van der Waals surface area contributed by atoms with Gasteiger partial charge in [-0.2, -0.15) is 0 Å².